The molecule has 0 atom stereocenters. The first-order valence-electron chi connectivity index (χ1n) is 6.54. The summed E-state index contributed by atoms with van der Waals surface area (Å²) in [7, 11) is 0. The molecule has 5 nitrogen and oxygen atoms in total. The van der Waals surface area contributed by atoms with E-state index in [9.17, 15) is 4.79 Å². The van der Waals surface area contributed by atoms with Gasteiger partial charge in [-0.2, -0.15) is 5.10 Å². The van der Waals surface area contributed by atoms with Gasteiger partial charge in [0.05, 0.1) is 13.0 Å². The second kappa shape index (κ2) is 6.89. The van der Waals surface area contributed by atoms with Crippen molar-refractivity contribution >= 4 is 11.6 Å². The number of hydrogen-bond acceptors (Lipinski definition) is 4. The van der Waals surface area contributed by atoms with Crippen LogP contribution in [0.5, 0.6) is 5.75 Å². The van der Waals surface area contributed by atoms with Gasteiger partial charge in [-0.1, -0.05) is 18.2 Å². The fraction of sp³-hybridized carbons (Fsp3) is 0.429. The first kappa shape index (κ1) is 13.5. The smallest absolute Gasteiger partial charge is 0.248 e. The fourth-order valence-electron chi connectivity index (χ4n) is 1.93. The van der Waals surface area contributed by atoms with Crippen LogP contribution in [0.1, 0.15) is 19.3 Å². The number of carbonyl (C=O) groups is 1. The maximum atomic E-state index is 11.7. The van der Waals surface area contributed by atoms with E-state index in [2.05, 4.69) is 5.10 Å². The van der Waals surface area contributed by atoms with Crippen LogP contribution in [0.2, 0.25) is 0 Å². The number of benzene rings is 1. The van der Waals surface area contributed by atoms with Crippen molar-refractivity contribution in [1.29, 1.82) is 0 Å². The molecule has 0 spiro atoms. The third kappa shape index (κ3) is 4.06. The van der Waals surface area contributed by atoms with Gasteiger partial charge in [0.1, 0.15) is 5.75 Å². The summed E-state index contributed by atoms with van der Waals surface area (Å²) in [5, 5.41) is 5.80. The van der Waals surface area contributed by atoms with Crippen LogP contribution in [0.3, 0.4) is 0 Å². The molecule has 1 heterocycles. The lowest BCUT2D eigenvalue weighted by Gasteiger charge is -2.12. The molecule has 0 fully saturated rings. The van der Waals surface area contributed by atoms with Crippen LogP contribution < -0.4 is 10.5 Å². The van der Waals surface area contributed by atoms with Crippen molar-refractivity contribution in [2.45, 2.75) is 19.3 Å². The molecule has 1 amide bonds. The zero-order valence-electron chi connectivity index (χ0n) is 10.9. The van der Waals surface area contributed by atoms with Crippen molar-refractivity contribution in [1.82, 2.24) is 5.01 Å². The quantitative estimate of drug-likeness (QED) is 0.754. The first-order chi connectivity index (χ1) is 9.29. The minimum atomic E-state index is 0.0585. The predicted molar refractivity (Wildman–Crippen MR) is 74.0 cm³/mol. The molecule has 0 bridgehead atoms. The molecule has 0 saturated heterocycles. The van der Waals surface area contributed by atoms with Gasteiger partial charge < -0.3 is 10.5 Å². The highest BCUT2D eigenvalue weighted by atomic mass is 16.5. The van der Waals surface area contributed by atoms with E-state index in [0.29, 0.717) is 32.5 Å². The van der Waals surface area contributed by atoms with Crippen LogP contribution in [0.4, 0.5) is 0 Å². The van der Waals surface area contributed by atoms with Crippen LogP contribution in [0.15, 0.2) is 35.4 Å². The Kier molecular flexibility index (Phi) is 4.92. The van der Waals surface area contributed by atoms with Gasteiger partial charge in [-0.3, -0.25) is 4.79 Å². The average Bonchev–Trinajstić information content (AvgIpc) is 2.77. The molecule has 19 heavy (non-hydrogen) atoms. The number of nitrogens with two attached hydrogens (primary N) is 1. The summed E-state index contributed by atoms with van der Waals surface area (Å²) in [5.41, 5.74) is 6.34. The zero-order chi connectivity index (χ0) is 13.5. The van der Waals surface area contributed by atoms with Crippen molar-refractivity contribution in [3.8, 4) is 5.75 Å². The van der Waals surface area contributed by atoms with Crippen LogP contribution >= 0.6 is 0 Å². The molecule has 5 heteroatoms. The topological polar surface area (TPSA) is 67.9 Å². The van der Waals surface area contributed by atoms with Gasteiger partial charge in [0.25, 0.3) is 0 Å². The minimum Gasteiger partial charge on any atom is -0.494 e. The minimum absolute atomic E-state index is 0.0585. The lowest BCUT2D eigenvalue weighted by atomic mass is 10.2. The maximum Gasteiger partial charge on any atom is 0.248 e. The number of carbonyl (C=O) groups excluding carboxylic acids is 1. The van der Waals surface area contributed by atoms with Crippen LogP contribution in [0, 0.1) is 0 Å². The second-order valence-corrected chi connectivity index (χ2v) is 4.41. The molecular weight excluding hydrogens is 242 g/mol. The average molecular weight is 261 g/mol. The van der Waals surface area contributed by atoms with E-state index in [1.165, 1.54) is 5.01 Å². The van der Waals surface area contributed by atoms with E-state index in [4.69, 9.17) is 10.5 Å². The molecule has 102 valence electrons. The molecule has 1 aliphatic rings. The van der Waals surface area contributed by atoms with E-state index < -0.39 is 0 Å². The predicted octanol–water partition coefficient (Wildman–Crippen LogP) is 1.39. The van der Waals surface area contributed by atoms with Gasteiger partial charge in [-0.05, 0) is 18.7 Å². The molecule has 2 rings (SSSR count). The summed E-state index contributed by atoms with van der Waals surface area (Å²) >= 11 is 0. The molecule has 0 aromatic heterocycles. The fourth-order valence-corrected chi connectivity index (χ4v) is 1.93. The Morgan fingerprint density at radius 3 is 2.84 bits per heavy atom. The van der Waals surface area contributed by atoms with Crippen molar-refractivity contribution in [2.24, 2.45) is 10.8 Å². The molecule has 1 aromatic rings. The molecule has 2 N–H and O–H groups in total. The summed E-state index contributed by atoms with van der Waals surface area (Å²) in [6.07, 6.45) is 1.87. The van der Waals surface area contributed by atoms with Gasteiger partial charge in [-0.25, -0.2) is 5.01 Å². The van der Waals surface area contributed by atoms with Crippen LogP contribution in [-0.2, 0) is 4.79 Å². The number of para-hydroxylation sites is 1. The highest BCUT2D eigenvalue weighted by molar-refractivity contribution is 6.04. The highest BCUT2D eigenvalue weighted by Gasteiger charge is 2.22. The van der Waals surface area contributed by atoms with Crippen LogP contribution in [-0.4, -0.2) is 36.3 Å². The van der Waals surface area contributed by atoms with Gasteiger partial charge in [-0.15, -0.1) is 0 Å². The molecule has 0 aliphatic carbocycles. The molecule has 1 aromatic carbocycles. The van der Waals surface area contributed by atoms with Crippen molar-refractivity contribution in [2.75, 3.05) is 19.7 Å². The lowest BCUT2D eigenvalue weighted by Crippen LogP contribution is -2.23. The van der Waals surface area contributed by atoms with Crippen molar-refractivity contribution in [3.63, 3.8) is 0 Å². The Morgan fingerprint density at radius 1 is 1.32 bits per heavy atom. The van der Waals surface area contributed by atoms with Gasteiger partial charge in [0, 0.05) is 25.1 Å². The Balaban J connectivity index is 1.70. The zero-order valence-corrected chi connectivity index (χ0v) is 10.9. The number of hydrogen-bond donors (Lipinski definition) is 1. The Bertz CT molecular complexity index is 445. The number of rotatable bonds is 7. The van der Waals surface area contributed by atoms with Gasteiger partial charge in [0.15, 0.2) is 0 Å². The van der Waals surface area contributed by atoms with E-state index in [1.54, 1.807) is 0 Å². The lowest BCUT2D eigenvalue weighted by molar-refractivity contribution is -0.128. The molecule has 0 saturated carbocycles. The van der Waals surface area contributed by atoms with E-state index in [0.717, 1.165) is 17.9 Å². The van der Waals surface area contributed by atoms with Crippen molar-refractivity contribution < 1.29 is 9.53 Å². The first-order valence-corrected chi connectivity index (χ1v) is 6.54. The van der Waals surface area contributed by atoms with E-state index in [-0.39, 0.29) is 5.91 Å². The Labute approximate surface area is 113 Å². The van der Waals surface area contributed by atoms with Crippen molar-refractivity contribution in [3.05, 3.63) is 30.3 Å². The summed E-state index contributed by atoms with van der Waals surface area (Å²) in [4.78, 5) is 11.7. The highest BCUT2D eigenvalue weighted by Crippen LogP contribution is 2.12. The Hall–Kier alpha value is -1.88. The largest absolute Gasteiger partial charge is 0.494 e. The third-order valence-electron chi connectivity index (χ3n) is 2.86. The van der Waals surface area contributed by atoms with Gasteiger partial charge >= 0.3 is 0 Å². The van der Waals surface area contributed by atoms with Gasteiger partial charge in [0.2, 0.25) is 5.91 Å². The second-order valence-electron chi connectivity index (χ2n) is 4.41. The molecule has 1 aliphatic heterocycles. The summed E-state index contributed by atoms with van der Waals surface area (Å²) in [6, 6.07) is 9.64. The van der Waals surface area contributed by atoms with E-state index >= 15 is 0 Å². The molecular formula is C14H19N3O2. The number of nitrogens with zero attached hydrogens (tertiary/aromatic N) is 2. The molecule has 0 unspecified atom stereocenters. The normalized spacial score (nSPS) is 14.7. The monoisotopic (exact) mass is 261 g/mol. The number of ether oxygens (including phenoxy) is 1. The van der Waals surface area contributed by atoms with E-state index in [1.807, 2.05) is 30.3 Å². The maximum absolute atomic E-state index is 11.7. The number of amides is 1. The summed E-state index contributed by atoms with van der Waals surface area (Å²) in [5.74, 6) is 0.908. The van der Waals surface area contributed by atoms with Crippen LogP contribution in [0.25, 0.3) is 0 Å². The summed E-state index contributed by atoms with van der Waals surface area (Å²) in [6.45, 7) is 1.71. The summed E-state index contributed by atoms with van der Waals surface area (Å²) < 4.78 is 5.57. The molecule has 0 radical (unpaired) electrons. The Morgan fingerprint density at radius 2 is 2.11 bits per heavy atom. The number of hydrazone groups is 1. The SMILES string of the molecule is NCCC1=NN(CCCOc2ccccc2)C(=O)C1. The standard InChI is InChI=1S/C14H19N3O2/c15-8-7-12-11-14(18)17(16-12)9-4-10-19-13-5-2-1-3-6-13/h1-3,5-6H,4,7-11,15H2. The third-order valence-corrected chi connectivity index (χ3v) is 2.86.